The van der Waals surface area contributed by atoms with Crippen molar-refractivity contribution in [3.63, 3.8) is 0 Å². The van der Waals surface area contributed by atoms with Crippen molar-refractivity contribution in [2.24, 2.45) is 0 Å². The number of rotatable bonds is 7. The van der Waals surface area contributed by atoms with Crippen LogP contribution in [0.25, 0.3) is 0 Å². The summed E-state index contributed by atoms with van der Waals surface area (Å²) in [5.41, 5.74) is 2.70. The van der Waals surface area contributed by atoms with E-state index in [1.165, 1.54) is 0 Å². The van der Waals surface area contributed by atoms with Crippen molar-refractivity contribution in [3.05, 3.63) is 17.0 Å². The van der Waals surface area contributed by atoms with Crippen LogP contribution in [0.3, 0.4) is 0 Å². The van der Waals surface area contributed by atoms with Crippen molar-refractivity contribution in [2.45, 2.75) is 38.6 Å². The van der Waals surface area contributed by atoms with Gasteiger partial charge in [-0.3, -0.25) is 9.48 Å². The lowest BCUT2D eigenvalue weighted by Gasteiger charge is -2.15. The fourth-order valence-electron chi connectivity index (χ4n) is 2.46. The second-order valence-electron chi connectivity index (χ2n) is 5.28. The number of amides is 1. The number of alkyl halides is 3. The van der Waals surface area contributed by atoms with E-state index in [1.54, 1.807) is 7.11 Å². The normalized spacial score (nSPS) is 14.6. The molecule has 0 saturated carbocycles. The maximum atomic E-state index is 12.1. The van der Waals surface area contributed by atoms with Crippen molar-refractivity contribution >= 4 is 5.91 Å². The SMILES string of the molecule is COCCn1nc(CCC(=O)NCC(F)(F)F)c2c1CCOC2. The smallest absolute Gasteiger partial charge is 0.383 e. The highest BCUT2D eigenvalue weighted by atomic mass is 19.4. The van der Waals surface area contributed by atoms with Crippen LogP contribution in [0.1, 0.15) is 23.4 Å². The van der Waals surface area contributed by atoms with Crippen LogP contribution in [-0.2, 0) is 40.3 Å². The maximum absolute atomic E-state index is 12.1. The highest BCUT2D eigenvalue weighted by Gasteiger charge is 2.28. The number of nitrogens with zero attached hydrogens (tertiary/aromatic N) is 2. The summed E-state index contributed by atoms with van der Waals surface area (Å²) in [6.45, 7) is 0.827. The van der Waals surface area contributed by atoms with Gasteiger partial charge in [0.1, 0.15) is 6.54 Å². The molecule has 0 saturated heterocycles. The first kappa shape index (κ1) is 17.7. The molecule has 130 valence electrons. The zero-order valence-electron chi connectivity index (χ0n) is 12.9. The molecule has 1 aromatic rings. The standard InChI is InChI=1S/C14H20F3N3O3/c1-22-7-5-20-12-4-6-23-8-10(12)11(19-20)2-3-13(21)18-9-14(15,16)17/h2-9H2,1H3,(H,18,21). The molecule has 23 heavy (non-hydrogen) atoms. The summed E-state index contributed by atoms with van der Waals surface area (Å²) >= 11 is 0. The average molecular weight is 335 g/mol. The molecule has 0 aromatic carbocycles. The molecular formula is C14H20F3N3O3. The van der Waals surface area contributed by atoms with Crippen molar-refractivity contribution in [2.75, 3.05) is 26.9 Å². The molecule has 1 amide bonds. The third kappa shape index (κ3) is 5.21. The Morgan fingerprint density at radius 3 is 2.96 bits per heavy atom. The highest BCUT2D eigenvalue weighted by molar-refractivity contribution is 5.76. The first-order valence-corrected chi connectivity index (χ1v) is 7.38. The number of ether oxygens (including phenoxy) is 2. The highest BCUT2D eigenvalue weighted by Crippen LogP contribution is 2.22. The number of methoxy groups -OCH3 is 1. The van der Waals surface area contributed by atoms with Gasteiger partial charge in [0, 0.05) is 37.6 Å². The van der Waals surface area contributed by atoms with Crippen molar-refractivity contribution < 1.29 is 27.4 Å². The van der Waals surface area contributed by atoms with Crippen LogP contribution in [0, 0.1) is 0 Å². The first-order chi connectivity index (χ1) is 10.9. The molecule has 0 bridgehead atoms. The molecule has 0 radical (unpaired) electrons. The number of halogens is 3. The summed E-state index contributed by atoms with van der Waals surface area (Å²) in [5.74, 6) is -0.640. The van der Waals surface area contributed by atoms with Gasteiger partial charge in [0.05, 0.1) is 32.1 Å². The van der Waals surface area contributed by atoms with E-state index in [1.807, 2.05) is 10.00 Å². The maximum Gasteiger partial charge on any atom is 0.405 e. The molecular weight excluding hydrogens is 315 g/mol. The van der Waals surface area contributed by atoms with E-state index in [0.717, 1.165) is 17.7 Å². The quantitative estimate of drug-likeness (QED) is 0.814. The summed E-state index contributed by atoms with van der Waals surface area (Å²) in [6, 6.07) is 0. The van der Waals surface area contributed by atoms with Gasteiger partial charge in [-0.2, -0.15) is 18.3 Å². The lowest BCUT2D eigenvalue weighted by molar-refractivity contribution is -0.138. The Morgan fingerprint density at radius 1 is 1.48 bits per heavy atom. The molecule has 0 spiro atoms. The topological polar surface area (TPSA) is 65.4 Å². The second kappa shape index (κ2) is 7.78. The number of fused-ring (bicyclic) bond motifs is 1. The average Bonchev–Trinajstić information content (AvgIpc) is 2.86. The summed E-state index contributed by atoms with van der Waals surface area (Å²) in [7, 11) is 1.60. The molecule has 6 nitrogen and oxygen atoms in total. The first-order valence-electron chi connectivity index (χ1n) is 7.38. The van der Waals surface area contributed by atoms with E-state index in [4.69, 9.17) is 9.47 Å². The predicted octanol–water partition coefficient (Wildman–Crippen LogP) is 1.21. The lowest BCUT2D eigenvalue weighted by Crippen LogP contribution is -2.33. The number of carbonyl (C=O) groups excluding carboxylic acids is 1. The van der Waals surface area contributed by atoms with E-state index in [0.29, 0.717) is 32.1 Å². The summed E-state index contributed by atoms with van der Waals surface area (Å²) in [4.78, 5) is 11.5. The Morgan fingerprint density at radius 2 is 2.26 bits per heavy atom. The second-order valence-corrected chi connectivity index (χ2v) is 5.28. The van der Waals surface area contributed by atoms with Crippen molar-refractivity contribution in [3.8, 4) is 0 Å². The van der Waals surface area contributed by atoms with Crippen LogP contribution >= 0.6 is 0 Å². The van der Waals surface area contributed by atoms with Crippen LogP contribution in [0.5, 0.6) is 0 Å². The number of carbonyl (C=O) groups is 1. The van der Waals surface area contributed by atoms with Gasteiger partial charge in [-0.15, -0.1) is 0 Å². The summed E-state index contributed by atoms with van der Waals surface area (Å²) in [6.07, 6.45) is -3.42. The Bertz CT molecular complexity index is 543. The molecule has 1 aromatic heterocycles. The van der Waals surface area contributed by atoms with Crippen molar-refractivity contribution in [1.29, 1.82) is 0 Å². The van der Waals surface area contributed by atoms with Gasteiger partial charge in [0.2, 0.25) is 5.91 Å². The van der Waals surface area contributed by atoms with Gasteiger partial charge in [0.25, 0.3) is 0 Å². The van der Waals surface area contributed by atoms with Crippen LogP contribution in [-0.4, -0.2) is 48.7 Å². The predicted molar refractivity (Wildman–Crippen MR) is 74.8 cm³/mol. The van der Waals surface area contributed by atoms with E-state index >= 15 is 0 Å². The molecule has 1 N–H and O–H groups in total. The molecule has 0 unspecified atom stereocenters. The Hall–Kier alpha value is -1.61. The van der Waals surface area contributed by atoms with Gasteiger partial charge in [-0.05, 0) is 0 Å². The van der Waals surface area contributed by atoms with Crippen molar-refractivity contribution in [1.82, 2.24) is 15.1 Å². The fourth-order valence-corrected chi connectivity index (χ4v) is 2.46. The van der Waals surface area contributed by atoms with Gasteiger partial charge in [-0.25, -0.2) is 0 Å². The summed E-state index contributed by atoms with van der Waals surface area (Å²) < 4.78 is 48.5. The van der Waals surface area contributed by atoms with Crippen LogP contribution in [0.4, 0.5) is 13.2 Å². The van der Waals surface area contributed by atoms with Crippen LogP contribution < -0.4 is 5.32 Å². The summed E-state index contributed by atoms with van der Waals surface area (Å²) in [5, 5.41) is 6.33. The third-order valence-electron chi connectivity index (χ3n) is 3.56. The third-order valence-corrected chi connectivity index (χ3v) is 3.56. The number of hydrogen-bond acceptors (Lipinski definition) is 4. The van der Waals surface area contributed by atoms with Crippen LogP contribution in [0.2, 0.25) is 0 Å². The number of nitrogens with one attached hydrogen (secondary N) is 1. The van der Waals surface area contributed by atoms with Gasteiger partial charge >= 0.3 is 6.18 Å². The minimum atomic E-state index is -4.40. The Labute approximate surface area is 131 Å². The zero-order valence-corrected chi connectivity index (χ0v) is 12.9. The van der Waals surface area contributed by atoms with E-state index < -0.39 is 18.6 Å². The molecule has 0 aliphatic carbocycles. The monoisotopic (exact) mass is 335 g/mol. The van der Waals surface area contributed by atoms with Gasteiger partial charge < -0.3 is 14.8 Å². The molecule has 0 fully saturated rings. The molecule has 1 aliphatic rings. The van der Waals surface area contributed by atoms with Gasteiger partial charge in [0.15, 0.2) is 0 Å². The molecule has 0 atom stereocenters. The minimum Gasteiger partial charge on any atom is -0.383 e. The van der Waals surface area contributed by atoms with E-state index in [9.17, 15) is 18.0 Å². The van der Waals surface area contributed by atoms with E-state index in [-0.39, 0.29) is 12.8 Å². The number of hydrogen-bond donors (Lipinski definition) is 1. The molecule has 9 heteroatoms. The van der Waals surface area contributed by atoms with Crippen LogP contribution in [0.15, 0.2) is 0 Å². The Balaban J connectivity index is 1.96. The molecule has 2 rings (SSSR count). The van der Waals surface area contributed by atoms with E-state index in [2.05, 4.69) is 5.10 Å². The molecule has 1 aliphatic heterocycles. The largest absolute Gasteiger partial charge is 0.405 e. The molecule has 2 heterocycles. The fraction of sp³-hybridized carbons (Fsp3) is 0.714. The van der Waals surface area contributed by atoms with Gasteiger partial charge in [-0.1, -0.05) is 0 Å². The number of aromatic nitrogens is 2. The lowest BCUT2D eigenvalue weighted by atomic mass is 10.1. The Kier molecular flexibility index (Phi) is 6.00. The zero-order chi connectivity index (χ0) is 16.9. The minimum absolute atomic E-state index is 0.0379. The number of aryl methyl sites for hydroxylation is 1.